The molecular weight excluding hydrogens is 271 g/mol. The molecule has 104 valence electrons. The predicted octanol–water partition coefficient (Wildman–Crippen LogP) is -0.321. The van der Waals surface area contributed by atoms with Gasteiger partial charge in [-0.05, 0) is 13.8 Å². The predicted molar refractivity (Wildman–Crippen MR) is 56.1 cm³/mol. The Morgan fingerprint density at radius 3 is 2.11 bits per heavy atom. The van der Waals surface area contributed by atoms with Crippen molar-refractivity contribution >= 4 is 25.3 Å². The third kappa shape index (κ3) is 3.14. The molecule has 18 heavy (non-hydrogen) atoms. The summed E-state index contributed by atoms with van der Waals surface area (Å²) in [5, 5.41) is 14.2. The van der Waals surface area contributed by atoms with E-state index >= 15 is 0 Å². The van der Waals surface area contributed by atoms with Gasteiger partial charge in [-0.3, -0.25) is 18.7 Å². The SMILES string of the molecule is CCOCOP(=O)(O)C(C)(C(=O)O)C(=O)C(=O)O. The van der Waals surface area contributed by atoms with E-state index in [2.05, 4.69) is 9.26 Å². The van der Waals surface area contributed by atoms with E-state index < -0.39 is 37.3 Å². The maximum Gasteiger partial charge on any atom is 0.374 e. The van der Waals surface area contributed by atoms with Crippen LogP contribution in [0, 0.1) is 0 Å². The van der Waals surface area contributed by atoms with E-state index in [1.807, 2.05) is 0 Å². The van der Waals surface area contributed by atoms with Crippen molar-refractivity contribution in [1.82, 2.24) is 0 Å². The summed E-state index contributed by atoms with van der Waals surface area (Å²) in [6.45, 7) is 1.44. The minimum Gasteiger partial charge on any atom is -0.480 e. The van der Waals surface area contributed by atoms with Crippen LogP contribution in [0.5, 0.6) is 0 Å². The van der Waals surface area contributed by atoms with Gasteiger partial charge >= 0.3 is 19.5 Å². The lowest BCUT2D eigenvalue weighted by atomic mass is 10.1. The van der Waals surface area contributed by atoms with Crippen molar-refractivity contribution in [3.63, 3.8) is 0 Å². The molecule has 10 heteroatoms. The first-order valence-corrected chi connectivity index (χ1v) is 6.25. The number of rotatable bonds is 8. The van der Waals surface area contributed by atoms with E-state index in [4.69, 9.17) is 10.2 Å². The molecule has 0 amide bonds. The van der Waals surface area contributed by atoms with Crippen LogP contribution in [0.4, 0.5) is 0 Å². The zero-order valence-electron chi connectivity index (χ0n) is 9.65. The smallest absolute Gasteiger partial charge is 0.374 e. The van der Waals surface area contributed by atoms with Crippen molar-refractivity contribution in [2.75, 3.05) is 13.4 Å². The lowest BCUT2D eigenvalue weighted by Gasteiger charge is -2.25. The molecule has 0 rings (SSSR count). The summed E-state index contributed by atoms with van der Waals surface area (Å²) in [5.74, 6) is -6.16. The maximum absolute atomic E-state index is 11.7. The van der Waals surface area contributed by atoms with Crippen LogP contribution in [0.3, 0.4) is 0 Å². The molecule has 2 atom stereocenters. The van der Waals surface area contributed by atoms with Crippen LogP contribution in [0.25, 0.3) is 0 Å². The second-order valence-electron chi connectivity index (χ2n) is 3.27. The van der Waals surface area contributed by atoms with Crippen LogP contribution in [0.15, 0.2) is 0 Å². The number of ketones is 1. The highest BCUT2D eigenvalue weighted by Gasteiger charge is 2.60. The van der Waals surface area contributed by atoms with Gasteiger partial charge in [0.1, 0.15) is 0 Å². The minimum atomic E-state index is -5.07. The molecule has 0 aliphatic rings. The molecule has 0 aromatic heterocycles. The second kappa shape index (κ2) is 6.05. The first-order chi connectivity index (χ1) is 8.11. The third-order valence-corrected chi connectivity index (χ3v) is 4.11. The second-order valence-corrected chi connectivity index (χ2v) is 5.47. The Kier molecular flexibility index (Phi) is 5.62. The van der Waals surface area contributed by atoms with E-state index in [9.17, 15) is 23.8 Å². The number of Topliss-reactive ketones (excluding diaryl/α,β-unsaturated/α-hetero) is 1. The zero-order valence-corrected chi connectivity index (χ0v) is 10.5. The molecular formula is C8H13O9P. The number of aliphatic carboxylic acids is 2. The highest BCUT2D eigenvalue weighted by molar-refractivity contribution is 7.57. The fourth-order valence-electron chi connectivity index (χ4n) is 0.876. The molecule has 0 radical (unpaired) electrons. The van der Waals surface area contributed by atoms with Crippen molar-refractivity contribution < 1.29 is 43.3 Å². The summed E-state index contributed by atoms with van der Waals surface area (Å²) in [6, 6.07) is 0. The molecule has 0 heterocycles. The van der Waals surface area contributed by atoms with Gasteiger partial charge < -0.3 is 19.8 Å². The van der Waals surface area contributed by atoms with Crippen LogP contribution < -0.4 is 0 Å². The lowest BCUT2D eigenvalue weighted by Crippen LogP contribution is -2.47. The average Bonchev–Trinajstić information content (AvgIpc) is 2.26. The first-order valence-electron chi connectivity index (χ1n) is 4.67. The van der Waals surface area contributed by atoms with Gasteiger partial charge in [-0.2, -0.15) is 0 Å². The number of carboxylic acids is 2. The van der Waals surface area contributed by atoms with Crippen molar-refractivity contribution in [2.45, 2.75) is 19.0 Å². The molecule has 0 aliphatic carbocycles. The fraction of sp³-hybridized carbons (Fsp3) is 0.625. The molecule has 0 saturated heterocycles. The van der Waals surface area contributed by atoms with E-state index in [1.54, 1.807) is 6.92 Å². The van der Waals surface area contributed by atoms with Gasteiger partial charge in [-0.1, -0.05) is 0 Å². The van der Waals surface area contributed by atoms with Crippen LogP contribution in [0.1, 0.15) is 13.8 Å². The summed E-state index contributed by atoms with van der Waals surface area (Å²) in [4.78, 5) is 42.1. The summed E-state index contributed by atoms with van der Waals surface area (Å²) < 4.78 is 20.6. The normalized spacial score (nSPS) is 17.5. The molecule has 2 unspecified atom stereocenters. The number of carboxylic acid groups (broad SMARTS) is 2. The van der Waals surface area contributed by atoms with E-state index in [1.165, 1.54) is 0 Å². The topological polar surface area (TPSA) is 147 Å². The highest BCUT2D eigenvalue weighted by atomic mass is 31.2. The number of carbonyl (C=O) groups excluding carboxylic acids is 1. The van der Waals surface area contributed by atoms with Gasteiger partial charge in [-0.25, -0.2) is 4.79 Å². The molecule has 0 spiro atoms. The van der Waals surface area contributed by atoms with Gasteiger partial charge in [0.05, 0.1) is 0 Å². The van der Waals surface area contributed by atoms with Gasteiger partial charge in [0.25, 0.3) is 5.78 Å². The van der Waals surface area contributed by atoms with Crippen molar-refractivity contribution in [1.29, 1.82) is 0 Å². The number of ether oxygens (including phenoxy) is 1. The van der Waals surface area contributed by atoms with Gasteiger partial charge in [0.15, 0.2) is 6.79 Å². The van der Waals surface area contributed by atoms with Crippen LogP contribution in [-0.4, -0.2) is 51.4 Å². The van der Waals surface area contributed by atoms with Crippen molar-refractivity contribution in [3.8, 4) is 0 Å². The average molecular weight is 284 g/mol. The number of hydrogen-bond acceptors (Lipinski definition) is 6. The Labute approximate surface area is 102 Å². The third-order valence-electron chi connectivity index (χ3n) is 2.13. The van der Waals surface area contributed by atoms with Crippen LogP contribution in [0.2, 0.25) is 0 Å². The molecule has 0 aliphatic heterocycles. The summed E-state index contributed by atoms with van der Waals surface area (Å²) >= 11 is 0. The molecule has 0 bridgehead atoms. The maximum atomic E-state index is 11.7. The minimum absolute atomic E-state index is 0.122. The zero-order chi connectivity index (χ0) is 14.6. The quantitative estimate of drug-likeness (QED) is 0.179. The highest BCUT2D eigenvalue weighted by Crippen LogP contribution is 2.56. The summed E-state index contributed by atoms with van der Waals surface area (Å²) in [7, 11) is -5.07. The Bertz CT molecular complexity index is 403. The van der Waals surface area contributed by atoms with Crippen LogP contribution in [-0.2, 0) is 28.2 Å². The summed E-state index contributed by atoms with van der Waals surface area (Å²) in [5.41, 5.74) is 0. The monoisotopic (exact) mass is 284 g/mol. The van der Waals surface area contributed by atoms with Crippen molar-refractivity contribution in [3.05, 3.63) is 0 Å². The summed E-state index contributed by atoms with van der Waals surface area (Å²) in [6.07, 6.45) is 0. The lowest BCUT2D eigenvalue weighted by molar-refractivity contribution is -0.155. The van der Waals surface area contributed by atoms with Crippen molar-refractivity contribution in [2.24, 2.45) is 0 Å². The molecule has 3 N–H and O–H groups in total. The van der Waals surface area contributed by atoms with Crippen LogP contribution >= 0.6 is 7.60 Å². The first kappa shape index (κ1) is 16.7. The number of hydrogen-bond donors (Lipinski definition) is 3. The van der Waals surface area contributed by atoms with Gasteiger partial charge in [0.2, 0.25) is 5.16 Å². The Morgan fingerprint density at radius 2 is 1.78 bits per heavy atom. The fourth-order valence-corrected chi connectivity index (χ4v) is 1.95. The van der Waals surface area contributed by atoms with E-state index in [0.717, 1.165) is 0 Å². The van der Waals surface area contributed by atoms with E-state index in [-0.39, 0.29) is 6.61 Å². The molecule has 0 fully saturated rings. The van der Waals surface area contributed by atoms with Gasteiger partial charge in [-0.15, -0.1) is 0 Å². The molecule has 0 saturated carbocycles. The Morgan fingerprint density at radius 1 is 1.28 bits per heavy atom. The van der Waals surface area contributed by atoms with Gasteiger partial charge in [0, 0.05) is 6.61 Å². The van der Waals surface area contributed by atoms with E-state index in [0.29, 0.717) is 6.92 Å². The molecule has 0 aromatic rings. The molecule has 9 nitrogen and oxygen atoms in total. The number of carbonyl (C=O) groups is 3. The standard InChI is InChI=1S/C8H13O9P/c1-3-16-4-17-18(14,15)8(2,7(12)13)5(9)6(10)11/h3-4H2,1-2H3,(H,10,11)(H,12,13)(H,14,15). The largest absolute Gasteiger partial charge is 0.480 e. The Hall–Kier alpha value is -1.28. The molecule has 0 aromatic carbocycles. The Balaban J connectivity index is 5.34.